The molecule has 0 bridgehead atoms. The maximum atomic E-state index is 12.6. The van der Waals surface area contributed by atoms with E-state index in [1.165, 1.54) is 19.3 Å². The SMILES string of the molecule is CC(C)[C@@H](OC(=O)[C@@H]1COCCO1)C(=O)NC1CCCCCCC1. The van der Waals surface area contributed by atoms with Crippen molar-refractivity contribution in [3.8, 4) is 0 Å². The van der Waals surface area contributed by atoms with Gasteiger partial charge in [-0.15, -0.1) is 0 Å². The third kappa shape index (κ3) is 6.06. The van der Waals surface area contributed by atoms with Crippen LogP contribution in [0.2, 0.25) is 0 Å². The van der Waals surface area contributed by atoms with Crippen LogP contribution in [0.25, 0.3) is 0 Å². The predicted molar refractivity (Wildman–Crippen MR) is 89.5 cm³/mol. The summed E-state index contributed by atoms with van der Waals surface area (Å²) in [6.45, 7) is 4.82. The van der Waals surface area contributed by atoms with Crippen LogP contribution in [-0.4, -0.2) is 49.9 Å². The Bertz CT molecular complexity index is 398. The quantitative estimate of drug-likeness (QED) is 0.776. The fraction of sp³-hybridized carbons (Fsp3) is 0.889. The molecular weight excluding hydrogens is 310 g/mol. The maximum Gasteiger partial charge on any atom is 0.338 e. The zero-order valence-corrected chi connectivity index (χ0v) is 14.9. The van der Waals surface area contributed by atoms with Crippen LogP contribution in [0.3, 0.4) is 0 Å². The zero-order valence-electron chi connectivity index (χ0n) is 14.9. The Balaban J connectivity index is 1.87. The Morgan fingerprint density at radius 1 is 1.04 bits per heavy atom. The number of hydrogen-bond acceptors (Lipinski definition) is 5. The molecule has 0 unspecified atom stereocenters. The highest BCUT2D eigenvalue weighted by atomic mass is 16.6. The molecule has 6 heteroatoms. The highest BCUT2D eigenvalue weighted by Crippen LogP contribution is 2.18. The summed E-state index contributed by atoms with van der Waals surface area (Å²) in [5.74, 6) is -0.797. The van der Waals surface area contributed by atoms with Gasteiger partial charge in [0.1, 0.15) is 0 Å². The molecule has 1 amide bonds. The second-order valence-electron chi connectivity index (χ2n) is 7.09. The summed E-state index contributed by atoms with van der Waals surface area (Å²) in [7, 11) is 0. The highest BCUT2D eigenvalue weighted by Gasteiger charge is 2.32. The molecular formula is C18H31NO5. The van der Waals surface area contributed by atoms with E-state index < -0.39 is 18.2 Å². The number of carbonyl (C=O) groups excluding carboxylic acids is 2. The molecule has 1 aliphatic heterocycles. The first-order valence-corrected chi connectivity index (χ1v) is 9.28. The van der Waals surface area contributed by atoms with E-state index in [0.717, 1.165) is 25.7 Å². The second kappa shape index (κ2) is 9.99. The molecule has 0 aromatic carbocycles. The van der Waals surface area contributed by atoms with Crippen molar-refractivity contribution in [3.63, 3.8) is 0 Å². The summed E-state index contributed by atoms with van der Waals surface area (Å²) in [5.41, 5.74) is 0. The van der Waals surface area contributed by atoms with Crippen molar-refractivity contribution < 1.29 is 23.8 Å². The monoisotopic (exact) mass is 341 g/mol. The van der Waals surface area contributed by atoms with E-state index in [1.807, 2.05) is 13.8 Å². The average Bonchev–Trinajstić information content (AvgIpc) is 2.55. The Kier molecular flexibility index (Phi) is 7.99. The van der Waals surface area contributed by atoms with E-state index in [9.17, 15) is 9.59 Å². The van der Waals surface area contributed by atoms with Gasteiger partial charge in [0.15, 0.2) is 12.2 Å². The van der Waals surface area contributed by atoms with Crippen molar-refractivity contribution in [2.45, 2.75) is 77.0 Å². The summed E-state index contributed by atoms with van der Waals surface area (Å²) in [4.78, 5) is 24.8. The van der Waals surface area contributed by atoms with Crippen LogP contribution < -0.4 is 5.32 Å². The lowest BCUT2D eigenvalue weighted by molar-refractivity contribution is -0.180. The zero-order chi connectivity index (χ0) is 17.4. The number of amides is 1. The van der Waals surface area contributed by atoms with Crippen molar-refractivity contribution in [1.29, 1.82) is 0 Å². The molecule has 138 valence electrons. The molecule has 1 aliphatic carbocycles. The van der Waals surface area contributed by atoms with Crippen LogP contribution in [-0.2, 0) is 23.8 Å². The maximum absolute atomic E-state index is 12.6. The fourth-order valence-corrected chi connectivity index (χ4v) is 3.20. The number of carbonyl (C=O) groups is 2. The van der Waals surface area contributed by atoms with E-state index in [-0.39, 0.29) is 24.5 Å². The molecule has 0 radical (unpaired) electrons. The molecule has 2 fully saturated rings. The number of esters is 1. The van der Waals surface area contributed by atoms with Gasteiger partial charge in [0, 0.05) is 6.04 Å². The summed E-state index contributed by atoms with van der Waals surface area (Å²) in [5, 5.41) is 3.09. The Morgan fingerprint density at radius 3 is 2.29 bits per heavy atom. The van der Waals surface area contributed by atoms with Crippen LogP contribution in [0.4, 0.5) is 0 Å². The van der Waals surface area contributed by atoms with Gasteiger partial charge in [0.05, 0.1) is 19.8 Å². The molecule has 1 N–H and O–H groups in total. The van der Waals surface area contributed by atoms with Crippen molar-refractivity contribution >= 4 is 11.9 Å². The van der Waals surface area contributed by atoms with Crippen molar-refractivity contribution in [2.24, 2.45) is 5.92 Å². The lowest BCUT2D eigenvalue weighted by atomic mass is 9.96. The van der Waals surface area contributed by atoms with Gasteiger partial charge in [-0.2, -0.15) is 0 Å². The van der Waals surface area contributed by atoms with E-state index in [1.54, 1.807) is 0 Å². The van der Waals surface area contributed by atoms with Gasteiger partial charge >= 0.3 is 5.97 Å². The van der Waals surface area contributed by atoms with Gasteiger partial charge in [0.25, 0.3) is 5.91 Å². The molecule has 2 aliphatic rings. The third-order valence-electron chi connectivity index (χ3n) is 4.64. The van der Waals surface area contributed by atoms with Gasteiger partial charge in [-0.25, -0.2) is 4.79 Å². The smallest absolute Gasteiger partial charge is 0.338 e. The number of ether oxygens (including phenoxy) is 3. The second-order valence-corrected chi connectivity index (χ2v) is 7.09. The molecule has 2 rings (SSSR count). The van der Waals surface area contributed by atoms with Gasteiger partial charge in [-0.3, -0.25) is 4.79 Å². The lowest BCUT2D eigenvalue weighted by Crippen LogP contribution is -2.48. The Hall–Kier alpha value is -1.14. The van der Waals surface area contributed by atoms with E-state index in [4.69, 9.17) is 14.2 Å². The summed E-state index contributed by atoms with van der Waals surface area (Å²) >= 11 is 0. The minimum Gasteiger partial charge on any atom is -0.450 e. The van der Waals surface area contributed by atoms with Gasteiger partial charge in [-0.1, -0.05) is 46.0 Å². The highest BCUT2D eigenvalue weighted by molar-refractivity contribution is 5.85. The van der Waals surface area contributed by atoms with Crippen molar-refractivity contribution in [2.75, 3.05) is 19.8 Å². The topological polar surface area (TPSA) is 73.9 Å². The van der Waals surface area contributed by atoms with Gasteiger partial charge < -0.3 is 19.5 Å². The molecule has 1 saturated heterocycles. The first-order chi connectivity index (χ1) is 11.6. The summed E-state index contributed by atoms with van der Waals surface area (Å²) in [6, 6.07) is 0.187. The first-order valence-electron chi connectivity index (χ1n) is 9.28. The predicted octanol–water partition coefficient (Wildman–Crippen LogP) is 2.20. The van der Waals surface area contributed by atoms with Crippen LogP contribution in [0.5, 0.6) is 0 Å². The van der Waals surface area contributed by atoms with E-state index in [2.05, 4.69) is 5.32 Å². The number of hydrogen-bond donors (Lipinski definition) is 1. The van der Waals surface area contributed by atoms with Crippen molar-refractivity contribution in [3.05, 3.63) is 0 Å². The minimum atomic E-state index is -0.784. The molecule has 1 saturated carbocycles. The molecule has 0 spiro atoms. The third-order valence-corrected chi connectivity index (χ3v) is 4.64. The minimum absolute atomic E-state index is 0.0907. The number of rotatable bonds is 5. The molecule has 2 atom stereocenters. The Labute approximate surface area is 144 Å². The summed E-state index contributed by atoms with van der Waals surface area (Å²) in [6.07, 6.45) is 6.53. The standard InChI is InChI=1S/C18H31NO5/c1-13(2)16(24-18(21)15-12-22-10-11-23-15)17(20)19-14-8-6-4-3-5-7-9-14/h13-16H,3-12H2,1-2H3,(H,19,20)/t15-,16+/m0/s1. The first kappa shape index (κ1) is 19.2. The normalized spacial score (nSPS) is 24.7. The van der Waals surface area contributed by atoms with Crippen LogP contribution in [0.15, 0.2) is 0 Å². The summed E-state index contributed by atoms with van der Waals surface area (Å²) < 4.78 is 16.0. The number of nitrogens with one attached hydrogen (secondary N) is 1. The molecule has 6 nitrogen and oxygen atoms in total. The van der Waals surface area contributed by atoms with Crippen LogP contribution in [0.1, 0.15) is 58.8 Å². The largest absolute Gasteiger partial charge is 0.450 e. The van der Waals surface area contributed by atoms with Crippen LogP contribution >= 0.6 is 0 Å². The fourth-order valence-electron chi connectivity index (χ4n) is 3.20. The molecule has 0 aromatic rings. The van der Waals surface area contributed by atoms with E-state index >= 15 is 0 Å². The average molecular weight is 341 g/mol. The van der Waals surface area contributed by atoms with Crippen molar-refractivity contribution in [1.82, 2.24) is 5.32 Å². The molecule has 0 aromatic heterocycles. The lowest BCUT2D eigenvalue weighted by Gasteiger charge is -2.28. The molecule has 1 heterocycles. The van der Waals surface area contributed by atoms with Gasteiger partial charge in [-0.05, 0) is 18.8 Å². The van der Waals surface area contributed by atoms with E-state index in [0.29, 0.717) is 13.2 Å². The van der Waals surface area contributed by atoms with Crippen LogP contribution in [0, 0.1) is 5.92 Å². The van der Waals surface area contributed by atoms with Gasteiger partial charge in [0.2, 0.25) is 0 Å². The molecule has 24 heavy (non-hydrogen) atoms. The Morgan fingerprint density at radius 2 is 1.71 bits per heavy atom.